The fraction of sp³-hybridized carbons (Fsp3) is 0.400. The lowest BCUT2D eigenvalue weighted by molar-refractivity contribution is -0.137. The van der Waals surface area contributed by atoms with E-state index in [4.69, 9.17) is 9.47 Å². The second-order valence-corrected chi connectivity index (χ2v) is 6.77. The first-order valence-corrected chi connectivity index (χ1v) is 9.33. The summed E-state index contributed by atoms with van der Waals surface area (Å²) in [7, 11) is 1.25. The molecular formula is C20H20F3N3O4. The molecule has 0 atom stereocenters. The molecule has 1 aliphatic rings. The number of nitrogens with zero attached hydrogens (tertiary/aromatic N) is 2. The van der Waals surface area contributed by atoms with Gasteiger partial charge in [-0.3, -0.25) is 14.9 Å². The van der Waals surface area contributed by atoms with Crippen LogP contribution in [0, 0.1) is 5.92 Å². The van der Waals surface area contributed by atoms with Crippen LogP contribution in [0.4, 0.5) is 19.1 Å². The Kier molecular flexibility index (Phi) is 6.53. The summed E-state index contributed by atoms with van der Waals surface area (Å²) in [5.74, 6) is -0.218. The van der Waals surface area contributed by atoms with Crippen LogP contribution in [-0.2, 0) is 11.0 Å². The van der Waals surface area contributed by atoms with E-state index in [1.165, 1.54) is 25.4 Å². The highest BCUT2D eigenvalue weighted by molar-refractivity contribution is 5.95. The quantitative estimate of drug-likeness (QED) is 0.486. The number of Topliss-reactive ketones (excluding diaryl/α,β-unsaturated/α-hetero) is 1. The first-order valence-electron chi connectivity index (χ1n) is 9.33. The molecule has 1 amide bonds. The normalized spacial score (nSPS) is 13.6. The van der Waals surface area contributed by atoms with Crippen LogP contribution in [0.15, 0.2) is 30.5 Å². The molecule has 1 aromatic carbocycles. The molecule has 10 heteroatoms. The SMILES string of the molecule is COc1cc(C(F)(F)F)ccc1OCCCC(=O)c1ccnc(NC(=O)C2CC2)n1. The standard InChI is InChI=1S/C20H20F3N3O4/c1-29-17-11-13(20(21,22)23)6-7-16(17)30-10-2-3-15(27)14-8-9-24-19(25-14)26-18(28)12-4-5-12/h6-9,11-12H,2-5,10H2,1H3,(H,24,25,26,28). The van der Waals surface area contributed by atoms with E-state index in [-0.39, 0.29) is 53.8 Å². The number of hydrogen-bond donors (Lipinski definition) is 1. The lowest BCUT2D eigenvalue weighted by atomic mass is 10.1. The molecule has 160 valence electrons. The van der Waals surface area contributed by atoms with Crippen LogP contribution in [0.3, 0.4) is 0 Å². The van der Waals surface area contributed by atoms with E-state index in [9.17, 15) is 22.8 Å². The number of rotatable bonds is 9. The molecule has 0 radical (unpaired) electrons. The van der Waals surface area contributed by atoms with Crippen molar-refractivity contribution in [3.8, 4) is 11.5 Å². The fourth-order valence-corrected chi connectivity index (χ4v) is 2.64. The maximum absolute atomic E-state index is 12.8. The van der Waals surface area contributed by atoms with Crippen molar-refractivity contribution in [2.75, 3.05) is 19.0 Å². The minimum Gasteiger partial charge on any atom is -0.493 e. The van der Waals surface area contributed by atoms with Gasteiger partial charge in [0.1, 0.15) is 5.69 Å². The summed E-state index contributed by atoms with van der Waals surface area (Å²) in [4.78, 5) is 32.1. The zero-order valence-electron chi connectivity index (χ0n) is 16.2. The van der Waals surface area contributed by atoms with Crippen LogP contribution >= 0.6 is 0 Å². The molecule has 1 aromatic heterocycles. The van der Waals surface area contributed by atoms with E-state index in [2.05, 4.69) is 15.3 Å². The third-order valence-electron chi connectivity index (χ3n) is 4.42. The minimum atomic E-state index is -4.48. The number of hydrogen-bond acceptors (Lipinski definition) is 6. The lowest BCUT2D eigenvalue weighted by Gasteiger charge is -2.13. The predicted molar refractivity (Wildman–Crippen MR) is 100 cm³/mol. The number of carbonyl (C=O) groups is 2. The van der Waals surface area contributed by atoms with Crippen LogP contribution < -0.4 is 14.8 Å². The summed E-state index contributed by atoms with van der Waals surface area (Å²) in [6, 6.07) is 4.40. The Morgan fingerprint density at radius 2 is 1.97 bits per heavy atom. The van der Waals surface area contributed by atoms with E-state index in [1.54, 1.807) is 0 Å². The summed E-state index contributed by atoms with van der Waals surface area (Å²) in [6.45, 7) is 0.101. The van der Waals surface area contributed by atoms with Crippen LogP contribution in [0.2, 0.25) is 0 Å². The summed E-state index contributed by atoms with van der Waals surface area (Å²) < 4.78 is 48.7. The molecule has 3 rings (SSSR count). The van der Waals surface area contributed by atoms with Crippen molar-refractivity contribution in [2.45, 2.75) is 31.9 Å². The van der Waals surface area contributed by atoms with Gasteiger partial charge in [0.15, 0.2) is 17.3 Å². The van der Waals surface area contributed by atoms with Crippen molar-refractivity contribution >= 4 is 17.6 Å². The number of ether oxygens (including phenoxy) is 2. The predicted octanol–water partition coefficient (Wildman–Crippen LogP) is 3.89. The lowest BCUT2D eigenvalue weighted by Crippen LogP contribution is -2.16. The zero-order valence-corrected chi connectivity index (χ0v) is 16.2. The molecule has 1 fully saturated rings. The minimum absolute atomic E-state index is 0.00713. The Morgan fingerprint density at radius 3 is 2.63 bits per heavy atom. The van der Waals surface area contributed by atoms with E-state index < -0.39 is 11.7 Å². The second kappa shape index (κ2) is 9.10. The number of methoxy groups -OCH3 is 1. The number of aromatic nitrogens is 2. The number of carbonyl (C=O) groups excluding carboxylic acids is 2. The Balaban J connectivity index is 1.51. The molecule has 30 heavy (non-hydrogen) atoms. The van der Waals surface area contributed by atoms with Crippen LogP contribution in [0.25, 0.3) is 0 Å². The molecule has 0 spiro atoms. The van der Waals surface area contributed by atoms with Gasteiger partial charge in [0.25, 0.3) is 0 Å². The maximum Gasteiger partial charge on any atom is 0.416 e. The average molecular weight is 423 g/mol. The third-order valence-corrected chi connectivity index (χ3v) is 4.42. The molecule has 0 aliphatic heterocycles. The molecule has 0 bridgehead atoms. The molecular weight excluding hydrogens is 403 g/mol. The van der Waals surface area contributed by atoms with Crippen LogP contribution in [0.5, 0.6) is 11.5 Å². The smallest absolute Gasteiger partial charge is 0.416 e. The molecule has 1 N–H and O–H groups in total. The van der Waals surface area contributed by atoms with Gasteiger partial charge in [-0.1, -0.05) is 0 Å². The Morgan fingerprint density at radius 1 is 1.20 bits per heavy atom. The van der Waals surface area contributed by atoms with Crippen LogP contribution in [0.1, 0.15) is 41.7 Å². The van der Waals surface area contributed by atoms with Crippen molar-refractivity contribution in [1.29, 1.82) is 0 Å². The first kappa shape index (κ1) is 21.5. The number of ketones is 1. The van der Waals surface area contributed by atoms with Gasteiger partial charge in [0, 0.05) is 18.5 Å². The van der Waals surface area contributed by atoms with Crippen molar-refractivity contribution in [3.63, 3.8) is 0 Å². The van der Waals surface area contributed by atoms with Gasteiger partial charge < -0.3 is 9.47 Å². The highest BCUT2D eigenvalue weighted by atomic mass is 19.4. The van der Waals surface area contributed by atoms with Crippen molar-refractivity contribution < 1.29 is 32.2 Å². The van der Waals surface area contributed by atoms with Gasteiger partial charge in [-0.2, -0.15) is 13.2 Å². The first-order chi connectivity index (χ1) is 14.3. The van der Waals surface area contributed by atoms with Gasteiger partial charge in [-0.15, -0.1) is 0 Å². The van der Waals surface area contributed by atoms with E-state index >= 15 is 0 Å². The third kappa shape index (κ3) is 5.68. The Hall–Kier alpha value is -3.17. The fourth-order valence-electron chi connectivity index (χ4n) is 2.64. The molecule has 1 heterocycles. The topological polar surface area (TPSA) is 90.4 Å². The summed E-state index contributed by atoms with van der Waals surface area (Å²) in [5, 5.41) is 2.58. The molecule has 0 saturated heterocycles. The second-order valence-electron chi connectivity index (χ2n) is 6.77. The van der Waals surface area contributed by atoms with E-state index in [0.29, 0.717) is 6.42 Å². The van der Waals surface area contributed by atoms with Gasteiger partial charge in [0.2, 0.25) is 11.9 Å². The number of amides is 1. The Labute approximate surface area is 170 Å². The molecule has 2 aromatic rings. The number of anilines is 1. The van der Waals surface area contributed by atoms with Gasteiger partial charge in [-0.25, -0.2) is 9.97 Å². The monoisotopic (exact) mass is 423 g/mol. The Bertz CT molecular complexity index is 930. The van der Waals surface area contributed by atoms with Gasteiger partial charge >= 0.3 is 6.18 Å². The highest BCUT2D eigenvalue weighted by Gasteiger charge is 2.31. The number of benzene rings is 1. The summed E-state index contributed by atoms with van der Waals surface area (Å²) in [5.41, 5.74) is -0.668. The van der Waals surface area contributed by atoms with E-state index in [0.717, 1.165) is 25.0 Å². The van der Waals surface area contributed by atoms with Crippen molar-refractivity contribution in [2.24, 2.45) is 5.92 Å². The summed E-state index contributed by atoms with van der Waals surface area (Å²) in [6.07, 6.45) is -0.978. The van der Waals surface area contributed by atoms with Gasteiger partial charge in [0.05, 0.1) is 19.3 Å². The number of alkyl halides is 3. The molecule has 1 saturated carbocycles. The van der Waals surface area contributed by atoms with Crippen molar-refractivity contribution in [3.05, 3.63) is 41.7 Å². The largest absolute Gasteiger partial charge is 0.493 e. The maximum atomic E-state index is 12.8. The van der Waals surface area contributed by atoms with Gasteiger partial charge in [-0.05, 0) is 43.5 Å². The number of halogens is 3. The van der Waals surface area contributed by atoms with Crippen LogP contribution in [-0.4, -0.2) is 35.4 Å². The average Bonchev–Trinajstić information content (AvgIpc) is 3.56. The molecule has 1 aliphatic carbocycles. The summed E-state index contributed by atoms with van der Waals surface area (Å²) >= 11 is 0. The molecule has 0 unspecified atom stereocenters. The number of nitrogens with one attached hydrogen (secondary N) is 1. The zero-order chi connectivity index (χ0) is 21.7. The molecule has 7 nitrogen and oxygen atoms in total. The van der Waals surface area contributed by atoms with Crippen molar-refractivity contribution in [1.82, 2.24) is 9.97 Å². The highest BCUT2D eigenvalue weighted by Crippen LogP contribution is 2.36. The van der Waals surface area contributed by atoms with E-state index in [1.807, 2.05) is 0 Å².